The van der Waals surface area contributed by atoms with Crippen LogP contribution in [-0.4, -0.2) is 19.2 Å². The van der Waals surface area contributed by atoms with E-state index >= 15 is 0 Å². The summed E-state index contributed by atoms with van der Waals surface area (Å²) >= 11 is 0. The minimum Gasteiger partial charge on any atom is -0.490 e. The van der Waals surface area contributed by atoms with Crippen LogP contribution >= 0.6 is 0 Å². The molecular formula is C19H31NO. The fourth-order valence-electron chi connectivity index (χ4n) is 3.23. The van der Waals surface area contributed by atoms with E-state index in [1.165, 1.54) is 44.1 Å². The molecule has 0 saturated heterocycles. The average Bonchev–Trinajstić information content (AvgIpc) is 2.54. The summed E-state index contributed by atoms with van der Waals surface area (Å²) in [5.74, 6) is 1.79. The predicted molar refractivity (Wildman–Crippen MR) is 89.9 cm³/mol. The van der Waals surface area contributed by atoms with Crippen LogP contribution in [0.4, 0.5) is 0 Å². The highest BCUT2D eigenvalue weighted by molar-refractivity contribution is 5.27. The molecule has 0 aliphatic heterocycles. The molecule has 1 saturated carbocycles. The van der Waals surface area contributed by atoms with E-state index in [0.29, 0.717) is 12.1 Å². The average molecular weight is 289 g/mol. The molecule has 1 aromatic carbocycles. The monoisotopic (exact) mass is 289 g/mol. The highest BCUT2D eigenvalue weighted by atomic mass is 16.5. The van der Waals surface area contributed by atoms with Gasteiger partial charge in [-0.1, -0.05) is 25.5 Å². The molecule has 0 spiro atoms. The Balaban J connectivity index is 1.86. The zero-order chi connectivity index (χ0) is 15.1. The number of hydrogen-bond acceptors (Lipinski definition) is 2. The smallest absolute Gasteiger partial charge is 0.119 e. The minimum absolute atomic E-state index is 0.430. The second-order valence-corrected chi connectivity index (χ2v) is 6.48. The summed E-state index contributed by atoms with van der Waals surface area (Å²) in [6, 6.07) is 9.33. The molecule has 118 valence electrons. The van der Waals surface area contributed by atoms with Crippen molar-refractivity contribution < 1.29 is 4.74 Å². The van der Waals surface area contributed by atoms with Crippen LogP contribution < -0.4 is 10.1 Å². The minimum atomic E-state index is 0.430. The van der Waals surface area contributed by atoms with E-state index in [2.05, 4.69) is 43.4 Å². The van der Waals surface area contributed by atoms with Gasteiger partial charge in [-0.2, -0.15) is 0 Å². The SMILES string of the molecule is CCC1CCCCC1Oc1ccc(CCC(C)NC)cc1. The van der Waals surface area contributed by atoms with Crippen LogP contribution in [0.5, 0.6) is 5.75 Å². The Morgan fingerprint density at radius 3 is 2.57 bits per heavy atom. The summed E-state index contributed by atoms with van der Waals surface area (Å²) in [5.41, 5.74) is 1.40. The third-order valence-electron chi connectivity index (χ3n) is 4.93. The van der Waals surface area contributed by atoms with E-state index in [9.17, 15) is 0 Å². The van der Waals surface area contributed by atoms with Gasteiger partial charge in [-0.15, -0.1) is 0 Å². The Bertz CT molecular complexity index is 401. The van der Waals surface area contributed by atoms with Gasteiger partial charge >= 0.3 is 0 Å². The van der Waals surface area contributed by atoms with E-state index in [4.69, 9.17) is 4.74 Å². The third-order valence-corrected chi connectivity index (χ3v) is 4.93. The Morgan fingerprint density at radius 2 is 1.90 bits per heavy atom. The van der Waals surface area contributed by atoms with Crippen molar-refractivity contribution in [2.45, 2.75) is 70.9 Å². The normalized spacial score (nSPS) is 23.8. The molecule has 0 radical (unpaired) electrons. The predicted octanol–water partition coefficient (Wildman–Crippen LogP) is 4.57. The highest BCUT2D eigenvalue weighted by Gasteiger charge is 2.25. The zero-order valence-corrected chi connectivity index (χ0v) is 13.9. The lowest BCUT2D eigenvalue weighted by Crippen LogP contribution is -2.29. The first-order valence-corrected chi connectivity index (χ1v) is 8.65. The highest BCUT2D eigenvalue weighted by Crippen LogP contribution is 2.30. The number of hydrogen-bond donors (Lipinski definition) is 1. The van der Waals surface area contributed by atoms with Crippen molar-refractivity contribution in [3.8, 4) is 5.75 Å². The third kappa shape index (κ3) is 5.03. The van der Waals surface area contributed by atoms with E-state index in [1.807, 2.05) is 7.05 Å². The molecule has 21 heavy (non-hydrogen) atoms. The molecule has 2 heteroatoms. The fraction of sp³-hybridized carbons (Fsp3) is 0.684. The molecule has 2 rings (SSSR count). The Hall–Kier alpha value is -1.02. The first kappa shape index (κ1) is 16.4. The lowest BCUT2D eigenvalue weighted by atomic mass is 9.85. The van der Waals surface area contributed by atoms with Gasteiger partial charge in [0.2, 0.25) is 0 Å². The summed E-state index contributed by atoms with van der Waals surface area (Å²) in [7, 11) is 2.02. The first-order valence-electron chi connectivity index (χ1n) is 8.65. The van der Waals surface area contributed by atoms with Crippen molar-refractivity contribution in [2.75, 3.05) is 7.05 Å². The first-order chi connectivity index (χ1) is 10.2. The van der Waals surface area contributed by atoms with Crippen molar-refractivity contribution in [1.29, 1.82) is 0 Å². The lowest BCUT2D eigenvalue weighted by molar-refractivity contribution is 0.0904. The topological polar surface area (TPSA) is 21.3 Å². The van der Waals surface area contributed by atoms with Crippen LogP contribution in [0, 0.1) is 5.92 Å². The molecule has 0 heterocycles. The van der Waals surface area contributed by atoms with Gasteiger partial charge in [0, 0.05) is 6.04 Å². The molecule has 1 N–H and O–H groups in total. The van der Waals surface area contributed by atoms with Gasteiger partial charge in [0.05, 0.1) is 0 Å². The number of ether oxygens (including phenoxy) is 1. The molecule has 1 fully saturated rings. The van der Waals surface area contributed by atoms with Crippen molar-refractivity contribution >= 4 is 0 Å². The number of rotatable bonds is 7. The molecule has 0 bridgehead atoms. The molecule has 3 unspecified atom stereocenters. The molecule has 1 aromatic rings. The molecule has 1 aliphatic carbocycles. The Morgan fingerprint density at radius 1 is 1.19 bits per heavy atom. The van der Waals surface area contributed by atoms with Crippen LogP contribution in [0.3, 0.4) is 0 Å². The van der Waals surface area contributed by atoms with Gasteiger partial charge in [0.25, 0.3) is 0 Å². The summed E-state index contributed by atoms with van der Waals surface area (Å²) in [5, 5.41) is 3.29. The fourth-order valence-corrected chi connectivity index (χ4v) is 3.23. The van der Waals surface area contributed by atoms with Gasteiger partial charge < -0.3 is 10.1 Å². The van der Waals surface area contributed by atoms with Gasteiger partial charge in [-0.3, -0.25) is 0 Å². The van der Waals surface area contributed by atoms with Crippen LogP contribution in [0.1, 0.15) is 57.9 Å². The number of aryl methyl sites for hydroxylation is 1. The van der Waals surface area contributed by atoms with E-state index in [1.54, 1.807) is 0 Å². The standard InChI is InChI=1S/C19H31NO/c1-4-17-7-5-6-8-19(17)21-18-13-11-16(12-14-18)10-9-15(2)20-3/h11-15,17,19-20H,4-10H2,1-3H3. The van der Waals surface area contributed by atoms with Crippen molar-refractivity contribution in [3.63, 3.8) is 0 Å². The van der Waals surface area contributed by atoms with Gasteiger partial charge in [-0.05, 0) is 76.1 Å². The van der Waals surface area contributed by atoms with Crippen molar-refractivity contribution in [1.82, 2.24) is 5.32 Å². The second-order valence-electron chi connectivity index (χ2n) is 6.48. The quantitative estimate of drug-likeness (QED) is 0.793. The van der Waals surface area contributed by atoms with Gasteiger partial charge in [0.15, 0.2) is 0 Å². The van der Waals surface area contributed by atoms with Crippen LogP contribution in [-0.2, 0) is 6.42 Å². The molecule has 1 aliphatic rings. The van der Waals surface area contributed by atoms with E-state index < -0.39 is 0 Å². The van der Waals surface area contributed by atoms with Gasteiger partial charge in [-0.25, -0.2) is 0 Å². The van der Waals surface area contributed by atoms with Gasteiger partial charge in [0.1, 0.15) is 11.9 Å². The molecule has 2 nitrogen and oxygen atoms in total. The molecule has 0 aromatic heterocycles. The maximum Gasteiger partial charge on any atom is 0.119 e. The summed E-state index contributed by atoms with van der Waals surface area (Å²) in [6.07, 6.45) is 9.23. The lowest BCUT2D eigenvalue weighted by Gasteiger charge is -2.31. The molecule has 0 amide bonds. The zero-order valence-electron chi connectivity index (χ0n) is 13.9. The molecular weight excluding hydrogens is 258 g/mol. The Labute approximate surface area is 130 Å². The van der Waals surface area contributed by atoms with Crippen molar-refractivity contribution in [2.24, 2.45) is 5.92 Å². The van der Waals surface area contributed by atoms with E-state index in [-0.39, 0.29) is 0 Å². The number of nitrogens with one attached hydrogen (secondary N) is 1. The van der Waals surface area contributed by atoms with E-state index in [0.717, 1.165) is 18.1 Å². The maximum absolute atomic E-state index is 6.25. The maximum atomic E-state index is 6.25. The number of benzene rings is 1. The summed E-state index contributed by atoms with van der Waals surface area (Å²) in [6.45, 7) is 4.52. The van der Waals surface area contributed by atoms with Crippen LogP contribution in [0.15, 0.2) is 24.3 Å². The molecule has 3 atom stereocenters. The largest absolute Gasteiger partial charge is 0.490 e. The second kappa shape index (κ2) is 8.43. The van der Waals surface area contributed by atoms with Crippen LogP contribution in [0.2, 0.25) is 0 Å². The summed E-state index contributed by atoms with van der Waals surface area (Å²) < 4.78 is 6.25. The summed E-state index contributed by atoms with van der Waals surface area (Å²) in [4.78, 5) is 0. The van der Waals surface area contributed by atoms with Crippen molar-refractivity contribution in [3.05, 3.63) is 29.8 Å². The Kier molecular flexibility index (Phi) is 6.56. The van der Waals surface area contributed by atoms with Crippen LogP contribution in [0.25, 0.3) is 0 Å².